The van der Waals surface area contributed by atoms with E-state index in [1.54, 1.807) is 6.20 Å². The summed E-state index contributed by atoms with van der Waals surface area (Å²) in [5, 5.41) is 4.37. The van der Waals surface area contributed by atoms with Crippen molar-refractivity contribution in [2.24, 2.45) is 0 Å². The molecule has 4 heterocycles. The normalized spacial score (nSPS) is 17.5. The fraction of sp³-hybridized carbons (Fsp3) is 0.273. The number of fused-ring (bicyclic) bond motifs is 2. The Labute approximate surface area is 162 Å². The summed E-state index contributed by atoms with van der Waals surface area (Å²) in [6, 6.07) is 10.5. The molecule has 1 aromatic carbocycles. The Bertz CT molecular complexity index is 1240. The number of aromatic nitrogens is 2. The lowest BCUT2D eigenvalue weighted by Gasteiger charge is -2.33. The Morgan fingerprint density at radius 3 is 2.96 bits per heavy atom. The van der Waals surface area contributed by atoms with Gasteiger partial charge in [-0.05, 0) is 38.1 Å². The van der Waals surface area contributed by atoms with Gasteiger partial charge in [0.05, 0.1) is 16.8 Å². The van der Waals surface area contributed by atoms with E-state index in [0.717, 1.165) is 47.5 Å². The van der Waals surface area contributed by atoms with Crippen molar-refractivity contribution in [1.29, 1.82) is 0 Å². The van der Waals surface area contributed by atoms with Gasteiger partial charge in [0, 0.05) is 67.0 Å². The largest absolute Gasteiger partial charge is 0.422 e. The highest BCUT2D eigenvalue weighted by Crippen LogP contribution is 2.27. The van der Waals surface area contributed by atoms with Crippen LogP contribution in [0, 0.1) is 6.92 Å². The molecule has 6 heteroatoms. The lowest BCUT2D eigenvalue weighted by molar-refractivity contribution is 0.484. The van der Waals surface area contributed by atoms with Crippen LogP contribution >= 0.6 is 0 Å². The van der Waals surface area contributed by atoms with Crippen LogP contribution in [-0.2, 0) is 0 Å². The van der Waals surface area contributed by atoms with E-state index >= 15 is 0 Å². The van der Waals surface area contributed by atoms with Crippen molar-refractivity contribution in [3.8, 4) is 11.1 Å². The lowest BCUT2D eigenvalue weighted by atomic mass is 10.1. The third-order valence-corrected chi connectivity index (χ3v) is 5.48. The summed E-state index contributed by atoms with van der Waals surface area (Å²) in [6.07, 6.45) is 5.58. The molecule has 28 heavy (non-hydrogen) atoms. The molecule has 6 nitrogen and oxygen atoms in total. The quantitative estimate of drug-likeness (QED) is 0.546. The maximum Gasteiger partial charge on any atom is 0.344 e. The number of nitrogens with one attached hydrogen (secondary N) is 1. The van der Waals surface area contributed by atoms with Crippen molar-refractivity contribution in [3.05, 3.63) is 65.0 Å². The molecule has 0 radical (unpaired) electrons. The molecule has 0 bridgehead atoms. The van der Waals surface area contributed by atoms with Crippen LogP contribution < -0.4 is 15.8 Å². The minimum atomic E-state index is -0.320. The van der Waals surface area contributed by atoms with Crippen molar-refractivity contribution in [1.82, 2.24) is 14.7 Å². The molecule has 0 unspecified atom stereocenters. The number of anilines is 1. The molecule has 1 atom stereocenters. The Kier molecular flexibility index (Phi) is 3.94. The fourth-order valence-corrected chi connectivity index (χ4v) is 3.99. The van der Waals surface area contributed by atoms with Crippen molar-refractivity contribution < 1.29 is 4.42 Å². The molecule has 1 aliphatic rings. The molecule has 0 spiro atoms. The van der Waals surface area contributed by atoms with Crippen LogP contribution in [0.2, 0.25) is 0 Å². The first-order valence-corrected chi connectivity index (χ1v) is 9.58. The Morgan fingerprint density at radius 2 is 2.14 bits per heavy atom. The number of hydrogen-bond donors (Lipinski definition) is 1. The van der Waals surface area contributed by atoms with E-state index in [4.69, 9.17) is 4.42 Å². The average molecular weight is 374 g/mol. The molecule has 1 N–H and O–H groups in total. The maximum atomic E-state index is 12.7. The molecular formula is C22H22N4O2. The van der Waals surface area contributed by atoms with Gasteiger partial charge in [0.25, 0.3) is 0 Å². The standard InChI is InChI=1S/C22H22N4O2/c1-14-12-25(7-5-23-14)18-4-3-16-9-19(22(27)28-21(16)11-18)17-10-20-15(2)24-6-8-26(20)13-17/h3-4,6,8-11,13-14,23H,5,7,12H2,1-2H3/t14-/m0/s1. The van der Waals surface area contributed by atoms with Gasteiger partial charge in [0.2, 0.25) is 0 Å². The topological polar surface area (TPSA) is 62.8 Å². The predicted octanol–water partition coefficient (Wildman–Crippen LogP) is 3.21. The summed E-state index contributed by atoms with van der Waals surface area (Å²) >= 11 is 0. The predicted molar refractivity (Wildman–Crippen MR) is 111 cm³/mol. The highest BCUT2D eigenvalue weighted by Gasteiger charge is 2.17. The van der Waals surface area contributed by atoms with Crippen LogP contribution in [0.1, 0.15) is 12.6 Å². The Morgan fingerprint density at radius 1 is 1.25 bits per heavy atom. The van der Waals surface area contributed by atoms with E-state index in [-0.39, 0.29) is 5.63 Å². The summed E-state index contributed by atoms with van der Waals surface area (Å²) < 4.78 is 7.69. The molecule has 1 saturated heterocycles. The van der Waals surface area contributed by atoms with E-state index in [1.165, 1.54) is 0 Å². The SMILES string of the molecule is Cc1nccn2cc(-c3cc4ccc(N5CCN[C@@H](C)C5)cc4oc3=O)cc12. The number of aryl methyl sites for hydroxylation is 1. The van der Waals surface area contributed by atoms with Gasteiger partial charge >= 0.3 is 5.63 Å². The van der Waals surface area contributed by atoms with Crippen LogP contribution in [0.3, 0.4) is 0 Å². The van der Waals surface area contributed by atoms with Crippen LogP contribution in [0.25, 0.3) is 27.6 Å². The van der Waals surface area contributed by atoms with Crippen molar-refractivity contribution in [3.63, 3.8) is 0 Å². The third kappa shape index (κ3) is 2.86. The monoisotopic (exact) mass is 374 g/mol. The van der Waals surface area contributed by atoms with E-state index in [2.05, 4.69) is 28.2 Å². The van der Waals surface area contributed by atoms with E-state index in [0.29, 0.717) is 17.2 Å². The van der Waals surface area contributed by atoms with Gasteiger partial charge < -0.3 is 19.0 Å². The first-order chi connectivity index (χ1) is 13.6. The number of nitrogens with zero attached hydrogens (tertiary/aromatic N) is 3. The summed E-state index contributed by atoms with van der Waals surface area (Å²) in [7, 11) is 0. The Balaban J connectivity index is 1.57. The highest BCUT2D eigenvalue weighted by atomic mass is 16.4. The van der Waals surface area contributed by atoms with E-state index in [1.807, 2.05) is 48.0 Å². The average Bonchev–Trinajstić information content (AvgIpc) is 3.12. The molecule has 0 amide bonds. The lowest BCUT2D eigenvalue weighted by Crippen LogP contribution is -2.49. The van der Waals surface area contributed by atoms with Crippen molar-refractivity contribution in [2.75, 3.05) is 24.5 Å². The maximum absolute atomic E-state index is 12.7. The third-order valence-electron chi connectivity index (χ3n) is 5.48. The zero-order chi connectivity index (χ0) is 19.3. The molecule has 5 rings (SSSR count). The molecule has 0 aliphatic carbocycles. The zero-order valence-electron chi connectivity index (χ0n) is 16.0. The fourth-order valence-electron chi connectivity index (χ4n) is 3.99. The van der Waals surface area contributed by atoms with Gasteiger partial charge in [-0.15, -0.1) is 0 Å². The summed E-state index contributed by atoms with van der Waals surface area (Å²) in [5.74, 6) is 0. The second-order valence-corrected chi connectivity index (χ2v) is 7.50. The molecule has 1 aliphatic heterocycles. The van der Waals surface area contributed by atoms with Gasteiger partial charge in [0.15, 0.2) is 0 Å². The number of rotatable bonds is 2. The summed E-state index contributed by atoms with van der Waals surface area (Å²) in [6.45, 7) is 6.99. The van der Waals surface area contributed by atoms with Crippen molar-refractivity contribution in [2.45, 2.75) is 19.9 Å². The number of piperazine rings is 1. The molecule has 0 saturated carbocycles. The van der Waals surface area contributed by atoms with Crippen LogP contribution in [0.15, 0.2) is 58.1 Å². The van der Waals surface area contributed by atoms with E-state index < -0.39 is 0 Å². The van der Waals surface area contributed by atoms with Gasteiger partial charge in [-0.25, -0.2) is 4.79 Å². The van der Waals surface area contributed by atoms with Crippen LogP contribution in [-0.4, -0.2) is 35.1 Å². The second kappa shape index (κ2) is 6.49. The van der Waals surface area contributed by atoms with Gasteiger partial charge in [-0.2, -0.15) is 0 Å². The zero-order valence-corrected chi connectivity index (χ0v) is 16.0. The smallest absolute Gasteiger partial charge is 0.344 e. The van der Waals surface area contributed by atoms with E-state index in [9.17, 15) is 4.79 Å². The molecule has 142 valence electrons. The number of benzene rings is 1. The van der Waals surface area contributed by atoms with Crippen LogP contribution in [0.5, 0.6) is 0 Å². The van der Waals surface area contributed by atoms with Gasteiger partial charge in [-0.3, -0.25) is 4.98 Å². The first kappa shape index (κ1) is 17.0. The minimum absolute atomic E-state index is 0.320. The van der Waals surface area contributed by atoms with Crippen molar-refractivity contribution >= 4 is 22.2 Å². The molecular weight excluding hydrogens is 352 g/mol. The summed E-state index contributed by atoms with van der Waals surface area (Å²) in [5.41, 5.74) is 4.71. The second-order valence-electron chi connectivity index (χ2n) is 7.50. The minimum Gasteiger partial charge on any atom is -0.422 e. The number of hydrogen-bond acceptors (Lipinski definition) is 5. The molecule has 1 fully saturated rings. The molecule has 3 aromatic heterocycles. The van der Waals surface area contributed by atoms with Crippen LogP contribution in [0.4, 0.5) is 5.69 Å². The molecule has 4 aromatic rings. The van der Waals surface area contributed by atoms with Gasteiger partial charge in [0.1, 0.15) is 5.58 Å². The summed E-state index contributed by atoms with van der Waals surface area (Å²) in [4.78, 5) is 19.4. The Hall–Kier alpha value is -3.12. The highest BCUT2D eigenvalue weighted by molar-refractivity contribution is 5.85. The van der Waals surface area contributed by atoms with Gasteiger partial charge in [-0.1, -0.05) is 0 Å². The first-order valence-electron chi connectivity index (χ1n) is 9.58.